The number of ether oxygens (including phenoxy) is 1. The van der Waals surface area contributed by atoms with E-state index in [9.17, 15) is 0 Å². The lowest BCUT2D eigenvalue weighted by Crippen LogP contribution is -2.00. The predicted octanol–water partition coefficient (Wildman–Crippen LogP) is -0.608. The molecule has 0 atom stereocenters. The van der Waals surface area contributed by atoms with Gasteiger partial charge in [-0.1, -0.05) is 11.1 Å². The van der Waals surface area contributed by atoms with Crippen molar-refractivity contribution in [2.45, 2.75) is 6.42 Å². The summed E-state index contributed by atoms with van der Waals surface area (Å²) in [5.74, 6) is 3.00. The average molecular weight is 152 g/mol. The molecule has 11 heavy (non-hydrogen) atoms. The van der Waals surface area contributed by atoms with Crippen LogP contribution in [0.2, 0.25) is 0 Å². The Morgan fingerprint density at radius 2 is 2.55 bits per heavy atom. The monoisotopic (exact) mass is 152 g/mol. The van der Waals surface area contributed by atoms with Crippen molar-refractivity contribution in [3.63, 3.8) is 0 Å². The number of rotatable bonds is 4. The van der Waals surface area contributed by atoms with Gasteiger partial charge in [0.15, 0.2) is 5.82 Å². The van der Waals surface area contributed by atoms with Crippen LogP contribution in [0.15, 0.2) is 0 Å². The van der Waals surface area contributed by atoms with Gasteiger partial charge in [0.1, 0.15) is 6.61 Å². The van der Waals surface area contributed by atoms with E-state index in [2.05, 4.69) is 26.5 Å². The summed E-state index contributed by atoms with van der Waals surface area (Å²) in [6.45, 7) is 0.863. The van der Waals surface area contributed by atoms with E-state index in [1.807, 2.05) is 0 Å². The van der Waals surface area contributed by atoms with E-state index in [0.717, 1.165) is 0 Å². The Bertz CT molecular complexity index is 225. The maximum Gasteiger partial charge on any atom is 0.176 e. The Hall–Kier alpha value is -1.41. The molecule has 5 heteroatoms. The summed E-state index contributed by atoms with van der Waals surface area (Å²) in [7, 11) is 0. The summed E-state index contributed by atoms with van der Waals surface area (Å²) in [6.07, 6.45) is 5.60. The molecule has 0 aliphatic rings. The van der Waals surface area contributed by atoms with Crippen molar-refractivity contribution < 1.29 is 4.74 Å². The molecule has 1 rings (SSSR count). The van der Waals surface area contributed by atoms with Gasteiger partial charge in [-0.05, 0) is 0 Å². The molecule has 1 aromatic rings. The molecule has 0 saturated heterocycles. The highest BCUT2D eigenvalue weighted by molar-refractivity contribution is 4.83. The molecule has 0 bridgehead atoms. The maximum atomic E-state index is 5.00. The lowest BCUT2D eigenvalue weighted by atomic mass is 10.4. The van der Waals surface area contributed by atoms with Gasteiger partial charge in [-0.3, -0.25) is 0 Å². The summed E-state index contributed by atoms with van der Waals surface area (Å²) in [4.78, 5) is 0. The van der Waals surface area contributed by atoms with Gasteiger partial charge in [-0.25, -0.2) is 0 Å². The second kappa shape index (κ2) is 4.41. The lowest BCUT2D eigenvalue weighted by molar-refractivity contribution is 0.169. The van der Waals surface area contributed by atoms with Gasteiger partial charge in [0.05, 0.1) is 6.61 Å². The summed E-state index contributed by atoms with van der Waals surface area (Å²) in [6, 6.07) is 0. The predicted molar refractivity (Wildman–Crippen MR) is 37.5 cm³/mol. The van der Waals surface area contributed by atoms with Crippen molar-refractivity contribution in [2.75, 3.05) is 13.2 Å². The van der Waals surface area contributed by atoms with Crippen LogP contribution in [0.25, 0.3) is 0 Å². The highest BCUT2D eigenvalue weighted by Crippen LogP contribution is 1.85. The van der Waals surface area contributed by atoms with E-state index in [0.29, 0.717) is 25.5 Å². The first-order chi connectivity index (χ1) is 5.43. The third kappa shape index (κ3) is 2.78. The molecule has 0 aliphatic carbocycles. The molecular formula is C6H8N4O. The zero-order valence-corrected chi connectivity index (χ0v) is 5.95. The molecular weight excluding hydrogens is 144 g/mol. The van der Waals surface area contributed by atoms with Crippen LogP contribution in [-0.2, 0) is 11.2 Å². The van der Waals surface area contributed by atoms with Crippen LogP contribution in [-0.4, -0.2) is 33.8 Å². The van der Waals surface area contributed by atoms with Crippen LogP contribution in [0, 0.1) is 12.3 Å². The Labute approximate surface area is 64.1 Å². The Morgan fingerprint density at radius 1 is 1.64 bits per heavy atom. The number of terminal acetylenes is 1. The van der Waals surface area contributed by atoms with Crippen molar-refractivity contribution in [1.82, 2.24) is 20.6 Å². The molecule has 0 fully saturated rings. The zero-order chi connectivity index (χ0) is 7.94. The summed E-state index contributed by atoms with van der Waals surface area (Å²) in [5, 5.41) is 13.2. The Morgan fingerprint density at radius 3 is 3.18 bits per heavy atom. The fraction of sp³-hybridized carbons (Fsp3) is 0.500. The largest absolute Gasteiger partial charge is 0.368 e. The van der Waals surface area contributed by atoms with Gasteiger partial charge in [0.25, 0.3) is 0 Å². The average Bonchev–Trinajstić information content (AvgIpc) is 2.50. The summed E-state index contributed by atoms with van der Waals surface area (Å²) < 4.78 is 5.00. The fourth-order valence-corrected chi connectivity index (χ4v) is 0.583. The van der Waals surface area contributed by atoms with Crippen LogP contribution in [0.1, 0.15) is 5.82 Å². The highest BCUT2D eigenvalue weighted by atomic mass is 16.5. The third-order valence-electron chi connectivity index (χ3n) is 1.04. The summed E-state index contributed by atoms with van der Waals surface area (Å²) >= 11 is 0. The van der Waals surface area contributed by atoms with Crippen molar-refractivity contribution in [3.8, 4) is 12.3 Å². The van der Waals surface area contributed by atoms with Gasteiger partial charge < -0.3 is 4.74 Å². The molecule has 0 unspecified atom stereocenters. The first-order valence-corrected chi connectivity index (χ1v) is 3.17. The molecule has 1 heterocycles. The van der Waals surface area contributed by atoms with Gasteiger partial charge in [0, 0.05) is 6.42 Å². The van der Waals surface area contributed by atoms with Gasteiger partial charge in [-0.15, -0.1) is 16.6 Å². The van der Waals surface area contributed by atoms with Crippen molar-refractivity contribution >= 4 is 0 Å². The van der Waals surface area contributed by atoms with E-state index < -0.39 is 0 Å². The second-order valence-corrected chi connectivity index (χ2v) is 1.83. The van der Waals surface area contributed by atoms with E-state index in [1.54, 1.807) is 0 Å². The second-order valence-electron chi connectivity index (χ2n) is 1.83. The zero-order valence-electron chi connectivity index (χ0n) is 5.95. The van der Waals surface area contributed by atoms with Gasteiger partial charge >= 0.3 is 0 Å². The molecule has 0 amide bonds. The normalized spacial score (nSPS) is 9.36. The molecule has 0 aliphatic heterocycles. The fourth-order valence-electron chi connectivity index (χ4n) is 0.583. The van der Waals surface area contributed by atoms with E-state index in [-0.39, 0.29) is 0 Å². The number of H-pyrrole nitrogens is 1. The molecule has 0 saturated carbocycles. The topological polar surface area (TPSA) is 63.7 Å². The first-order valence-electron chi connectivity index (χ1n) is 3.17. The number of nitrogens with zero attached hydrogens (tertiary/aromatic N) is 3. The van der Waals surface area contributed by atoms with Crippen LogP contribution >= 0.6 is 0 Å². The Balaban J connectivity index is 2.10. The van der Waals surface area contributed by atoms with E-state index >= 15 is 0 Å². The number of tetrazole rings is 1. The molecule has 5 nitrogen and oxygen atoms in total. The minimum Gasteiger partial charge on any atom is -0.368 e. The molecule has 0 spiro atoms. The van der Waals surface area contributed by atoms with Crippen molar-refractivity contribution in [3.05, 3.63) is 5.82 Å². The summed E-state index contributed by atoms with van der Waals surface area (Å²) in [5.41, 5.74) is 0. The highest BCUT2D eigenvalue weighted by Gasteiger charge is 1.95. The number of aromatic nitrogens is 4. The lowest BCUT2D eigenvalue weighted by Gasteiger charge is -1.94. The van der Waals surface area contributed by atoms with E-state index in [4.69, 9.17) is 11.2 Å². The molecule has 58 valence electrons. The van der Waals surface area contributed by atoms with Crippen LogP contribution < -0.4 is 0 Å². The van der Waals surface area contributed by atoms with E-state index in [1.165, 1.54) is 0 Å². The minimum absolute atomic E-state index is 0.331. The van der Waals surface area contributed by atoms with Crippen LogP contribution in [0.5, 0.6) is 0 Å². The number of nitrogens with one attached hydrogen (secondary N) is 1. The van der Waals surface area contributed by atoms with Gasteiger partial charge in [0.2, 0.25) is 0 Å². The van der Waals surface area contributed by atoms with Crippen molar-refractivity contribution in [2.24, 2.45) is 0 Å². The van der Waals surface area contributed by atoms with Crippen LogP contribution in [0.3, 0.4) is 0 Å². The number of aromatic amines is 1. The maximum absolute atomic E-state index is 5.00. The molecule has 1 aromatic heterocycles. The molecule has 0 aromatic carbocycles. The SMILES string of the molecule is C#CCOCCc1nn[nH]n1. The smallest absolute Gasteiger partial charge is 0.176 e. The quantitative estimate of drug-likeness (QED) is 0.462. The number of hydrogen-bond acceptors (Lipinski definition) is 4. The standard InChI is InChI=1S/C6H8N4O/c1-2-4-11-5-3-6-7-9-10-8-6/h1H,3-5H2,(H,7,8,9,10). The third-order valence-corrected chi connectivity index (χ3v) is 1.04. The van der Waals surface area contributed by atoms with Gasteiger partial charge in [-0.2, -0.15) is 5.21 Å². The number of hydrogen-bond donors (Lipinski definition) is 1. The minimum atomic E-state index is 0.331. The first kappa shape index (κ1) is 7.69. The molecule has 1 N–H and O–H groups in total. The van der Waals surface area contributed by atoms with Crippen LogP contribution in [0.4, 0.5) is 0 Å². The van der Waals surface area contributed by atoms with Crippen molar-refractivity contribution in [1.29, 1.82) is 0 Å². The molecule has 0 radical (unpaired) electrons. The Kier molecular flexibility index (Phi) is 3.09.